The van der Waals surface area contributed by atoms with E-state index in [1.54, 1.807) is 25.6 Å². The maximum Gasteiger partial charge on any atom is 0.319 e. The highest BCUT2D eigenvalue weighted by Gasteiger charge is 2.08. The van der Waals surface area contributed by atoms with Crippen LogP contribution >= 0.6 is 0 Å². The van der Waals surface area contributed by atoms with Crippen molar-refractivity contribution in [2.45, 2.75) is 13.8 Å². The van der Waals surface area contributed by atoms with E-state index in [1.807, 2.05) is 36.6 Å². The number of imidazole rings is 1. The molecule has 9 nitrogen and oxygen atoms in total. The predicted octanol–water partition coefficient (Wildman–Crippen LogP) is 2.52. The van der Waals surface area contributed by atoms with E-state index in [0.29, 0.717) is 30.3 Å². The van der Waals surface area contributed by atoms with Crippen LogP contribution < -0.4 is 20.7 Å². The molecule has 0 saturated carbocycles. The van der Waals surface area contributed by atoms with Crippen LogP contribution in [-0.2, 0) is 0 Å². The second-order valence-electron chi connectivity index (χ2n) is 6.05. The van der Waals surface area contributed by atoms with Crippen molar-refractivity contribution in [1.82, 2.24) is 24.8 Å². The Balaban J connectivity index is 1.49. The molecular weight excluding hydrogens is 358 g/mol. The van der Waals surface area contributed by atoms with Crippen LogP contribution in [0.25, 0.3) is 5.82 Å². The summed E-state index contributed by atoms with van der Waals surface area (Å²) in [4.78, 5) is 24.8. The summed E-state index contributed by atoms with van der Waals surface area (Å²) < 4.78 is 7.12. The van der Waals surface area contributed by atoms with Crippen molar-refractivity contribution in [3.8, 4) is 11.6 Å². The first-order chi connectivity index (χ1) is 13.6. The molecule has 2 aromatic heterocycles. The summed E-state index contributed by atoms with van der Waals surface area (Å²) in [6.07, 6.45) is 3.23. The Morgan fingerprint density at radius 3 is 2.71 bits per heavy atom. The zero-order valence-corrected chi connectivity index (χ0v) is 16.1. The minimum atomic E-state index is -0.306. The first kappa shape index (κ1) is 19.2. The van der Waals surface area contributed by atoms with Gasteiger partial charge in [-0.25, -0.2) is 19.7 Å². The Bertz CT molecular complexity index is 955. The number of carbonyl (C=O) groups excluding carboxylic acids is 1. The number of urea groups is 1. The summed E-state index contributed by atoms with van der Waals surface area (Å²) in [5.74, 6) is 2.01. The smallest absolute Gasteiger partial charge is 0.319 e. The van der Waals surface area contributed by atoms with E-state index in [2.05, 4.69) is 30.9 Å². The van der Waals surface area contributed by atoms with E-state index in [1.165, 1.54) is 6.33 Å². The maximum atomic E-state index is 12.0. The van der Waals surface area contributed by atoms with Crippen LogP contribution in [0, 0.1) is 13.8 Å². The van der Waals surface area contributed by atoms with Gasteiger partial charge in [0.25, 0.3) is 0 Å². The minimum absolute atomic E-state index is 0.306. The number of nitrogens with one attached hydrogen (secondary N) is 3. The number of anilines is 2. The van der Waals surface area contributed by atoms with E-state index >= 15 is 0 Å². The van der Waals surface area contributed by atoms with Gasteiger partial charge in [0.05, 0.1) is 18.5 Å². The lowest BCUT2D eigenvalue weighted by atomic mass is 10.3. The van der Waals surface area contributed by atoms with E-state index in [9.17, 15) is 4.79 Å². The van der Waals surface area contributed by atoms with Gasteiger partial charge in [0.15, 0.2) is 0 Å². The van der Waals surface area contributed by atoms with Gasteiger partial charge in [0.1, 0.15) is 30.0 Å². The number of aromatic nitrogens is 4. The minimum Gasteiger partial charge on any atom is -0.495 e. The molecule has 3 aromatic rings. The Morgan fingerprint density at radius 1 is 1.14 bits per heavy atom. The van der Waals surface area contributed by atoms with E-state index in [0.717, 1.165) is 17.2 Å². The first-order valence-electron chi connectivity index (χ1n) is 8.83. The van der Waals surface area contributed by atoms with Gasteiger partial charge in [-0.1, -0.05) is 12.1 Å². The third-order valence-corrected chi connectivity index (χ3v) is 4.22. The van der Waals surface area contributed by atoms with Crippen molar-refractivity contribution in [3.63, 3.8) is 0 Å². The van der Waals surface area contributed by atoms with Crippen LogP contribution in [0.2, 0.25) is 0 Å². The summed E-state index contributed by atoms with van der Waals surface area (Å²) in [6.45, 7) is 4.87. The number of aryl methyl sites for hydroxylation is 1. The highest BCUT2D eigenvalue weighted by molar-refractivity contribution is 5.90. The molecule has 0 saturated heterocycles. The summed E-state index contributed by atoms with van der Waals surface area (Å²) in [7, 11) is 1.56. The molecule has 0 fully saturated rings. The fourth-order valence-corrected chi connectivity index (χ4v) is 2.59. The molecule has 0 radical (unpaired) electrons. The number of ether oxygens (including phenoxy) is 1. The number of hydrogen-bond acceptors (Lipinski definition) is 6. The average Bonchev–Trinajstić information content (AvgIpc) is 3.04. The molecule has 0 unspecified atom stereocenters. The zero-order chi connectivity index (χ0) is 19.9. The second kappa shape index (κ2) is 8.85. The van der Waals surface area contributed by atoms with Crippen LogP contribution in [0.1, 0.15) is 11.4 Å². The molecule has 2 amide bonds. The van der Waals surface area contributed by atoms with Crippen molar-refractivity contribution >= 4 is 17.5 Å². The third kappa shape index (κ3) is 4.56. The van der Waals surface area contributed by atoms with E-state index in [4.69, 9.17) is 4.74 Å². The quantitative estimate of drug-likeness (QED) is 0.543. The maximum absolute atomic E-state index is 12.0. The van der Waals surface area contributed by atoms with Crippen molar-refractivity contribution in [2.75, 3.05) is 30.8 Å². The SMILES string of the molecule is COc1ccccc1NC(=O)NCCNc1cc(-n2cnc(C)c2C)ncn1. The number of amides is 2. The number of hydrogen-bond donors (Lipinski definition) is 3. The Morgan fingerprint density at radius 2 is 1.96 bits per heavy atom. The number of nitrogens with zero attached hydrogens (tertiary/aromatic N) is 4. The lowest BCUT2D eigenvalue weighted by Gasteiger charge is -2.12. The van der Waals surface area contributed by atoms with Gasteiger partial charge in [-0.2, -0.15) is 0 Å². The number of carbonyl (C=O) groups is 1. The normalized spacial score (nSPS) is 10.4. The highest BCUT2D eigenvalue weighted by atomic mass is 16.5. The lowest BCUT2D eigenvalue weighted by molar-refractivity contribution is 0.252. The van der Waals surface area contributed by atoms with Crippen LogP contribution in [0.15, 0.2) is 43.0 Å². The summed E-state index contributed by atoms with van der Waals surface area (Å²) in [6, 6.07) is 8.76. The average molecular weight is 381 g/mol. The van der Waals surface area contributed by atoms with Crippen molar-refractivity contribution in [2.24, 2.45) is 0 Å². The Kier molecular flexibility index (Phi) is 6.05. The van der Waals surface area contributed by atoms with Gasteiger partial charge in [-0.05, 0) is 26.0 Å². The third-order valence-electron chi connectivity index (χ3n) is 4.22. The molecule has 3 N–H and O–H groups in total. The van der Waals surface area contributed by atoms with Crippen molar-refractivity contribution in [1.29, 1.82) is 0 Å². The van der Waals surface area contributed by atoms with Gasteiger partial charge in [-0.3, -0.25) is 4.57 Å². The molecule has 0 aliphatic heterocycles. The predicted molar refractivity (Wildman–Crippen MR) is 107 cm³/mol. The monoisotopic (exact) mass is 381 g/mol. The van der Waals surface area contributed by atoms with Crippen LogP contribution in [-0.4, -0.2) is 45.7 Å². The molecule has 3 rings (SSSR count). The molecule has 0 atom stereocenters. The number of methoxy groups -OCH3 is 1. The van der Waals surface area contributed by atoms with Gasteiger partial charge in [0.2, 0.25) is 0 Å². The molecule has 0 spiro atoms. The van der Waals surface area contributed by atoms with Crippen LogP contribution in [0.4, 0.5) is 16.3 Å². The number of para-hydroxylation sites is 2. The number of benzene rings is 1. The van der Waals surface area contributed by atoms with Crippen LogP contribution in [0.3, 0.4) is 0 Å². The van der Waals surface area contributed by atoms with E-state index in [-0.39, 0.29) is 6.03 Å². The molecule has 9 heteroatoms. The molecule has 1 aromatic carbocycles. The zero-order valence-electron chi connectivity index (χ0n) is 16.1. The summed E-state index contributed by atoms with van der Waals surface area (Å²) >= 11 is 0. The summed E-state index contributed by atoms with van der Waals surface area (Å²) in [5.41, 5.74) is 2.60. The highest BCUT2D eigenvalue weighted by Crippen LogP contribution is 2.22. The molecule has 2 heterocycles. The van der Waals surface area contributed by atoms with Gasteiger partial charge >= 0.3 is 6.03 Å². The summed E-state index contributed by atoms with van der Waals surface area (Å²) in [5, 5.41) is 8.72. The molecule has 146 valence electrons. The van der Waals surface area contributed by atoms with Crippen molar-refractivity contribution < 1.29 is 9.53 Å². The fourth-order valence-electron chi connectivity index (χ4n) is 2.59. The topological polar surface area (TPSA) is 106 Å². The second-order valence-corrected chi connectivity index (χ2v) is 6.05. The van der Waals surface area contributed by atoms with Gasteiger partial charge < -0.3 is 20.7 Å². The standard InChI is InChI=1S/C19H23N7O2/c1-13-14(2)26(12-24-13)18-10-17(22-11-23-18)20-8-9-21-19(27)25-15-6-4-5-7-16(15)28-3/h4-7,10-12H,8-9H2,1-3H3,(H,20,22,23)(H2,21,25,27). The largest absolute Gasteiger partial charge is 0.495 e. The fraction of sp³-hybridized carbons (Fsp3) is 0.263. The number of rotatable bonds is 7. The Hall–Kier alpha value is -3.62. The van der Waals surface area contributed by atoms with Crippen molar-refractivity contribution in [3.05, 3.63) is 54.4 Å². The van der Waals surface area contributed by atoms with E-state index < -0.39 is 0 Å². The van der Waals surface area contributed by atoms with Crippen LogP contribution in [0.5, 0.6) is 5.75 Å². The van der Waals surface area contributed by atoms with Gasteiger partial charge in [-0.15, -0.1) is 0 Å². The molecule has 0 bridgehead atoms. The molecular formula is C19H23N7O2. The molecule has 0 aliphatic rings. The van der Waals surface area contributed by atoms with Gasteiger partial charge in [0, 0.05) is 24.8 Å². The lowest BCUT2D eigenvalue weighted by Crippen LogP contribution is -2.32. The first-order valence-corrected chi connectivity index (χ1v) is 8.83. The molecule has 0 aliphatic carbocycles. The Labute approximate surface area is 163 Å². The molecule has 28 heavy (non-hydrogen) atoms.